The first-order valence-electron chi connectivity index (χ1n) is 8.86. The average Bonchev–Trinajstić information content (AvgIpc) is 2.92. The number of benzene rings is 2. The molecule has 0 radical (unpaired) electrons. The second kappa shape index (κ2) is 8.84. The molecule has 1 heterocycles. The summed E-state index contributed by atoms with van der Waals surface area (Å²) in [5.41, 5.74) is 2.66. The molecule has 0 aliphatic rings. The number of hydrogen-bond donors (Lipinski definition) is 1. The zero-order chi connectivity index (χ0) is 20.1. The minimum absolute atomic E-state index is 0.190. The molecule has 6 nitrogen and oxygen atoms in total. The predicted octanol–water partition coefficient (Wildman–Crippen LogP) is 3.36. The highest BCUT2D eigenvalue weighted by atomic mass is 32.2. The molecule has 7 heteroatoms. The predicted molar refractivity (Wildman–Crippen MR) is 114 cm³/mol. The average molecular weight is 398 g/mol. The molecule has 1 aromatic heterocycles. The lowest BCUT2D eigenvalue weighted by atomic mass is 10.2. The van der Waals surface area contributed by atoms with Gasteiger partial charge in [0.15, 0.2) is 0 Å². The van der Waals surface area contributed by atoms with Crippen LogP contribution >= 0.6 is 11.8 Å². The Bertz CT molecular complexity index is 1010. The van der Waals surface area contributed by atoms with Gasteiger partial charge in [0.1, 0.15) is 11.4 Å². The van der Waals surface area contributed by atoms with Crippen LogP contribution in [0.3, 0.4) is 0 Å². The number of nitrogens with zero attached hydrogens (tertiary/aromatic N) is 2. The lowest BCUT2D eigenvalue weighted by Crippen LogP contribution is -2.23. The Hall–Kier alpha value is -2.93. The molecule has 3 rings (SSSR count). The molecule has 0 saturated carbocycles. The standard InChI is InChI=1S/C21H23N3O3S/c1-15-20(21(26)24(23(15)2)17-7-5-4-6-8-17)22-19(25)14-28-13-16-9-11-18(27-3)12-10-16/h4-12H,13-14H2,1-3H3,(H,22,25). The van der Waals surface area contributed by atoms with E-state index in [-0.39, 0.29) is 17.2 Å². The number of carbonyl (C=O) groups excluding carboxylic acids is 1. The van der Waals surface area contributed by atoms with E-state index in [9.17, 15) is 9.59 Å². The summed E-state index contributed by atoms with van der Waals surface area (Å²) in [4.78, 5) is 25.2. The van der Waals surface area contributed by atoms with Crippen LogP contribution in [-0.2, 0) is 17.6 Å². The zero-order valence-corrected chi connectivity index (χ0v) is 17.0. The Kier molecular flexibility index (Phi) is 6.26. The third-order valence-corrected chi connectivity index (χ3v) is 5.48. The van der Waals surface area contributed by atoms with E-state index in [1.54, 1.807) is 23.5 Å². The number of anilines is 1. The van der Waals surface area contributed by atoms with Crippen LogP contribution in [0.15, 0.2) is 59.4 Å². The quantitative estimate of drug-likeness (QED) is 0.664. The van der Waals surface area contributed by atoms with Gasteiger partial charge in [-0.25, -0.2) is 4.68 Å². The molecule has 28 heavy (non-hydrogen) atoms. The third kappa shape index (κ3) is 4.31. The molecule has 146 valence electrons. The van der Waals surface area contributed by atoms with Crippen LogP contribution in [0.25, 0.3) is 5.69 Å². The van der Waals surface area contributed by atoms with Crippen molar-refractivity contribution in [2.45, 2.75) is 12.7 Å². The molecule has 3 aromatic rings. The van der Waals surface area contributed by atoms with Crippen molar-refractivity contribution in [3.05, 3.63) is 76.2 Å². The van der Waals surface area contributed by atoms with E-state index in [4.69, 9.17) is 4.74 Å². The van der Waals surface area contributed by atoms with Crippen molar-refractivity contribution in [1.29, 1.82) is 0 Å². The number of nitrogens with one attached hydrogen (secondary N) is 1. The molecular formula is C21H23N3O3S. The largest absolute Gasteiger partial charge is 0.497 e. The van der Waals surface area contributed by atoms with Crippen molar-refractivity contribution in [2.24, 2.45) is 7.05 Å². The van der Waals surface area contributed by atoms with Crippen LogP contribution < -0.4 is 15.6 Å². The second-order valence-corrected chi connectivity index (χ2v) is 7.31. The maximum atomic E-state index is 12.8. The number of rotatable bonds is 7. The van der Waals surface area contributed by atoms with Gasteiger partial charge in [0, 0.05) is 12.8 Å². The van der Waals surface area contributed by atoms with E-state index in [1.165, 1.54) is 11.8 Å². The van der Waals surface area contributed by atoms with Crippen LogP contribution in [0, 0.1) is 6.92 Å². The van der Waals surface area contributed by atoms with E-state index < -0.39 is 0 Å². The molecule has 0 spiro atoms. The first-order chi connectivity index (χ1) is 13.5. The molecule has 0 unspecified atom stereocenters. The Balaban J connectivity index is 1.65. The first-order valence-corrected chi connectivity index (χ1v) is 10.0. The fraction of sp³-hybridized carbons (Fsp3) is 0.238. The van der Waals surface area contributed by atoms with Crippen molar-refractivity contribution in [3.63, 3.8) is 0 Å². The zero-order valence-electron chi connectivity index (χ0n) is 16.1. The highest BCUT2D eigenvalue weighted by Crippen LogP contribution is 2.18. The highest BCUT2D eigenvalue weighted by Gasteiger charge is 2.17. The van der Waals surface area contributed by atoms with Gasteiger partial charge in [0.25, 0.3) is 5.56 Å². The monoisotopic (exact) mass is 397 g/mol. The molecule has 2 aromatic carbocycles. The van der Waals surface area contributed by atoms with Crippen LogP contribution in [-0.4, -0.2) is 28.1 Å². The second-order valence-electron chi connectivity index (χ2n) is 6.33. The summed E-state index contributed by atoms with van der Waals surface area (Å²) in [6, 6.07) is 17.1. The molecule has 0 aliphatic heterocycles. The lowest BCUT2D eigenvalue weighted by Gasteiger charge is -2.07. The summed E-state index contributed by atoms with van der Waals surface area (Å²) in [5, 5.41) is 2.78. The molecule has 0 fully saturated rings. The summed E-state index contributed by atoms with van der Waals surface area (Å²) in [6.45, 7) is 1.82. The Morgan fingerprint density at radius 3 is 2.43 bits per heavy atom. The Morgan fingerprint density at radius 2 is 1.79 bits per heavy atom. The minimum atomic E-state index is -0.236. The highest BCUT2D eigenvalue weighted by molar-refractivity contribution is 7.99. The van der Waals surface area contributed by atoms with Crippen molar-refractivity contribution in [3.8, 4) is 11.4 Å². The number of para-hydroxylation sites is 1. The van der Waals surface area contributed by atoms with E-state index in [0.717, 1.165) is 17.0 Å². The maximum Gasteiger partial charge on any atom is 0.295 e. The van der Waals surface area contributed by atoms with Gasteiger partial charge in [0.05, 0.1) is 24.2 Å². The van der Waals surface area contributed by atoms with Crippen LogP contribution in [0.2, 0.25) is 0 Å². The first kappa shape index (κ1) is 19.8. The third-order valence-electron chi connectivity index (χ3n) is 4.48. The van der Waals surface area contributed by atoms with Gasteiger partial charge < -0.3 is 10.1 Å². The summed E-state index contributed by atoms with van der Waals surface area (Å²) in [7, 11) is 3.43. The van der Waals surface area contributed by atoms with Gasteiger partial charge in [0.2, 0.25) is 5.91 Å². The molecular weight excluding hydrogens is 374 g/mol. The Labute approximate surface area is 168 Å². The van der Waals surface area contributed by atoms with Crippen molar-refractivity contribution >= 4 is 23.4 Å². The fourth-order valence-corrected chi connectivity index (χ4v) is 3.66. The number of thioether (sulfide) groups is 1. The summed E-state index contributed by atoms with van der Waals surface area (Å²) >= 11 is 1.50. The Morgan fingerprint density at radius 1 is 1.11 bits per heavy atom. The number of carbonyl (C=O) groups is 1. The van der Waals surface area contributed by atoms with Gasteiger partial charge >= 0.3 is 0 Å². The van der Waals surface area contributed by atoms with Gasteiger partial charge in [-0.1, -0.05) is 30.3 Å². The number of methoxy groups -OCH3 is 1. The van der Waals surface area contributed by atoms with Crippen molar-refractivity contribution in [1.82, 2.24) is 9.36 Å². The smallest absolute Gasteiger partial charge is 0.295 e. The van der Waals surface area contributed by atoms with Gasteiger partial charge in [-0.2, -0.15) is 0 Å². The van der Waals surface area contributed by atoms with Crippen molar-refractivity contribution < 1.29 is 9.53 Å². The molecule has 0 atom stereocenters. The number of amides is 1. The van der Waals surface area contributed by atoms with Gasteiger partial charge in [-0.3, -0.25) is 14.3 Å². The topological polar surface area (TPSA) is 65.3 Å². The normalized spacial score (nSPS) is 10.7. The van der Waals surface area contributed by atoms with E-state index in [1.807, 2.05) is 61.5 Å². The lowest BCUT2D eigenvalue weighted by molar-refractivity contribution is -0.113. The van der Waals surface area contributed by atoms with E-state index >= 15 is 0 Å². The molecule has 0 saturated heterocycles. The molecule has 1 amide bonds. The van der Waals surface area contributed by atoms with Gasteiger partial charge in [-0.15, -0.1) is 11.8 Å². The van der Waals surface area contributed by atoms with Crippen LogP contribution in [0.1, 0.15) is 11.3 Å². The molecule has 1 N–H and O–H groups in total. The summed E-state index contributed by atoms with van der Waals surface area (Å²) < 4.78 is 8.44. The van der Waals surface area contributed by atoms with Crippen LogP contribution in [0.5, 0.6) is 5.75 Å². The SMILES string of the molecule is COc1ccc(CSCC(=O)Nc2c(C)n(C)n(-c3ccccc3)c2=O)cc1. The maximum absolute atomic E-state index is 12.8. The van der Waals surface area contributed by atoms with Crippen molar-refractivity contribution in [2.75, 3.05) is 18.2 Å². The van der Waals surface area contributed by atoms with Gasteiger partial charge in [-0.05, 0) is 36.8 Å². The minimum Gasteiger partial charge on any atom is -0.497 e. The fourth-order valence-electron chi connectivity index (χ4n) is 2.87. The molecule has 0 aliphatic carbocycles. The van der Waals surface area contributed by atoms with Crippen LogP contribution in [0.4, 0.5) is 5.69 Å². The number of ether oxygens (including phenoxy) is 1. The van der Waals surface area contributed by atoms with E-state index in [0.29, 0.717) is 17.1 Å². The molecule has 0 bridgehead atoms. The number of hydrogen-bond acceptors (Lipinski definition) is 4. The summed E-state index contributed by atoms with van der Waals surface area (Å²) in [6.07, 6.45) is 0. The van der Waals surface area contributed by atoms with E-state index in [2.05, 4.69) is 5.32 Å². The summed E-state index contributed by atoms with van der Waals surface area (Å²) in [5.74, 6) is 1.59. The number of aromatic nitrogens is 2.